The summed E-state index contributed by atoms with van der Waals surface area (Å²) in [5, 5.41) is 2.97. The van der Waals surface area contributed by atoms with Crippen LogP contribution in [0.5, 0.6) is 5.75 Å². The second-order valence-corrected chi connectivity index (χ2v) is 8.04. The van der Waals surface area contributed by atoms with Crippen LogP contribution in [0.1, 0.15) is 35.2 Å². The van der Waals surface area contributed by atoms with Gasteiger partial charge in [0.05, 0.1) is 6.61 Å². The number of likely N-dealkylation sites (tertiary alicyclic amines) is 1. The fraction of sp³-hybridized carbons (Fsp3) is 0.458. The smallest absolute Gasteiger partial charge is 0.251 e. The summed E-state index contributed by atoms with van der Waals surface area (Å²) in [5.41, 5.74) is 1.72. The third-order valence-electron chi connectivity index (χ3n) is 5.77. The lowest BCUT2D eigenvalue weighted by atomic mass is 10.0. The Morgan fingerprint density at radius 2 is 1.90 bits per heavy atom. The van der Waals surface area contributed by atoms with E-state index in [1.165, 1.54) is 6.42 Å². The summed E-state index contributed by atoms with van der Waals surface area (Å²) in [6, 6.07) is 17.4. The molecule has 0 spiro atoms. The number of amides is 1. The van der Waals surface area contributed by atoms with Crippen LogP contribution in [0.15, 0.2) is 54.6 Å². The first-order chi connectivity index (χ1) is 14.3. The molecule has 1 atom stereocenters. The van der Waals surface area contributed by atoms with Crippen molar-refractivity contribution >= 4 is 5.91 Å². The molecule has 2 aliphatic rings. The number of carbonyl (C=O) groups is 1. The van der Waals surface area contributed by atoms with Crippen LogP contribution in [0.3, 0.4) is 0 Å². The van der Waals surface area contributed by atoms with E-state index in [1.807, 2.05) is 54.6 Å². The van der Waals surface area contributed by atoms with Gasteiger partial charge in [-0.25, -0.2) is 0 Å². The Balaban J connectivity index is 1.25. The molecule has 2 aromatic rings. The van der Waals surface area contributed by atoms with E-state index in [-0.39, 0.29) is 12.0 Å². The van der Waals surface area contributed by atoms with E-state index in [4.69, 9.17) is 9.47 Å². The van der Waals surface area contributed by atoms with E-state index in [0.29, 0.717) is 18.0 Å². The van der Waals surface area contributed by atoms with Gasteiger partial charge in [-0.2, -0.15) is 0 Å². The van der Waals surface area contributed by atoms with Crippen molar-refractivity contribution in [3.05, 3.63) is 65.7 Å². The number of hydrogen-bond donors (Lipinski definition) is 1. The van der Waals surface area contributed by atoms with Crippen LogP contribution in [0.25, 0.3) is 0 Å². The minimum atomic E-state index is -0.0760. The second kappa shape index (κ2) is 9.90. The molecule has 5 nitrogen and oxygen atoms in total. The predicted octanol–water partition coefficient (Wildman–Crippen LogP) is 3.50. The van der Waals surface area contributed by atoms with Gasteiger partial charge in [-0.05, 0) is 48.9 Å². The molecule has 1 amide bonds. The first-order valence-corrected chi connectivity index (χ1v) is 10.7. The molecule has 2 fully saturated rings. The molecule has 4 rings (SSSR count). The van der Waals surface area contributed by atoms with Crippen molar-refractivity contribution in [2.75, 3.05) is 32.8 Å². The van der Waals surface area contributed by atoms with E-state index in [2.05, 4.69) is 10.2 Å². The lowest BCUT2D eigenvalue weighted by Gasteiger charge is -2.33. The Morgan fingerprint density at radius 3 is 2.66 bits per heavy atom. The average Bonchev–Trinajstić information content (AvgIpc) is 3.27. The second-order valence-electron chi connectivity index (χ2n) is 8.04. The largest absolute Gasteiger partial charge is 0.490 e. The van der Waals surface area contributed by atoms with Crippen LogP contribution < -0.4 is 10.1 Å². The molecule has 0 aliphatic carbocycles. The van der Waals surface area contributed by atoms with E-state index in [0.717, 1.165) is 57.0 Å². The third-order valence-corrected chi connectivity index (χ3v) is 5.77. The van der Waals surface area contributed by atoms with Crippen LogP contribution in [-0.2, 0) is 11.3 Å². The zero-order valence-corrected chi connectivity index (χ0v) is 16.9. The quantitative estimate of drug-likeness (QED) is 0.781. The van der Waals surface area contributed by atoms with Crippen molar-refractivity contribution in [3.8, 4) is 5.75 Å². The molecule has 154 valence electrons. The molecule has 2 heterocycles. The number of nitrogens with zero attached hydrogens (tertiary/aromatic N) is 1. The van der Waals surface area contributed by atoms with Crippen molar-refractivity contribution in [3.63, 3.8) is 0 Å². The SMILES string of the molecule is O=C(NCc1ccccc1)c1cccc(OC2CCN(C[C@H]3CCOC3)CC2)c1. The Kier molecular flexibility index (Phi) is 6.80. The molecule has 2 saturated heterocycles. The standard InChI is InChI=1S/C24H30N2O3/c27-24(25-16-19-5-2-1-3-6-19)21-7-4-8-23(15-21)29-22-9-12-26(13-10-22)17-20-11-14-28-18-20/h1-8,15,20,22H,9-14,16-18H2,(H,25,27)/t20-/m1/s1. The molecular formula is C24H30N2O3. The molecular weight excluding hydrogens is 364 g/mol. The highest BCUT2D eigenvalue weighted by atomic mass is 16.5. The Morgan fingerprint density at radius 1 is 1.07 bits per heavy atom. The monoisotopic (exact) mass is 394 g/mol. The molecule has 0 bridgehead atoms. The van der Waals surface area contributed by atoms with Crippen molar-refractivity contribution in [1.29, 1.82) is 0 Å². The molecule has 29 heavy (non-hydrogen) atoms. The molecule has 0 aromatic heterocycles. The fourth-order valence-corrected chi connectivity index (χ4v) is 4.09. The Labute approximate surface area is 173 Å². The van der Waals surface area contributed by atoms with Gasteiger partial charge in [0.2, 0.25) is 0 Å². The summed E-state index contributed by atoms with van der Waals surface area (Å²) < 4.78 is 11.7. The maximum atomic E-state index is 12.5. The van der Waals surface area contributed by atoms with Crippen LogP contribution in [-0.4, -0.2) is 49.8 Å². The van der Waals surface area contributed by atoms with E-state index in [1.54, 1.807) is 0 Å². The number of carbonyl (C=O) groups excluding carboxylic acids is 1. The number of nitrogens with one attached hydrogen (secondary N) is 1. The maximum absolute atomic E-state index is 12.5. The van der Waals surface area contributed by atoms with Gasteiger partial charge in [0.1, 0.15) is 11.9 Å². The fourth-order valence-electron chi connectivity index (χ4n) is 4.09. The summed E-state index contributed by atoms with van der Waals surface area (Å²) in [6.45, 7) is 5.63. The summed E-state index contributed by atoms with van der Waals surface area (Å²) in [5.74, 6) is 1.39. The first kappa shape index (κ1) is 19.9. The van der Waals surface area contributed by atoms with Crippen LogP contribution >= 0.6 is 0 Å². The molecule has 1 N–H and O–H groups in total. The van der Waals surface area contributed by atoms with Gasteiger partial charge >= 0.3 is 0 Å². The van der Waals surface area contributed by atoms with Gasteiger partial charge in [-0.3, -0.25) is 4.79 Å². The summed E-state index contributed by atoms with van der Waals surface area (Å²) in [4.78, 5) is 15.0. The molecule has 2 aliphatic heterocycles. The highest BCUT2D eigenvalue weighted by molar-refractivity contribution is 5.94. The van der Waals surface area contributed by atoms with E-state index >= 15 is 0 Å². The number of hydrogen-bond acceptors (Lipinski definition) is 4. The third kappa shape index (κ3) is 5.81. The minimum Gasteiger partial charge on any atom is -0.490 e. The van der Waals surface area contributed by atoms with Gasteiger partial charge in [-0.15, -0.1) is 0 Å². The zero-order chi connectivity index (χ0) is 19.9. The van der Waals surface area contributed by atoms with E-state index < -0.39 is 0 Å². The number of benzene rings is 2. The summed E-state index contributed by atoms with van der Waals surface area (Å²) in [6.07, 6.45) is 3.46. The lowest BCUT2D eigenvalue weighted by molar-refractivity contribution is 0.0874. The maximum Gasteiger partial charge on any atom is 0.251 e. The number of piperidine rings is 1. The van der Waals surface area contributed by atoms with Crippen LogP contribution in [0, 0.1) is 5.92 Å². The summed E-state index contributed by atoms with van der Waals surface area (Å²) in [7, 11) is 0. The Bertz CT molecular complexity index is 782. The minimum absolute atomic E-state index is 0.0760. The predicted molar refractivity (Wildman–Crippen MR) is 113 cm³/mol. The summed E-state index contributed by atoms with van der Waals surface area (Å²) >= 11 is 0. The molecule has 0 saturated carbocycles. The van der Waals surface area contributed by atoms with Gasteiger partial charge in [-0.1, -0.05) is 36.4 Å². The molecule has 2 aromatic carbocycles. The number of rotatable bonds is 7. The normalized spacial score (nSPS) is 20.5. The topological polar surface area (TPSA) is 50.8 Å². The lowest BCUT2D eigenvalue weighted by Crippen LogP contribution is -2.40. The van der Waals surface area contributed by atoms with Crippen LogP contribution in [0.2, 0.25) is 0 Å². The van der Waals surface area contributed by atoms with Crippen molar-refractivity contribution < 1.29 is 14.3 Å². The van der Waals surface area contributed by atoms with Crippen molar-refractivity contribution in [1.82, 2.24) is 10.2 Å². The van der Waals surface area contributed by atoms with Gasteiger partial charge < -0.3 is 19.7 Å². The van der Waals surface area contributed by atoms with Crippen molar-refractivity contribution in [2.45, 2.75) is 31.9 Å². The Hall–Kier alpha value is -2.37. The number of ether oxygens (including phenoxy) is 2. The highest BCUT2D eigenvalue weighted by Gasteiger charge is 2.24. The molecule has 0 unspecified atom stereocenters. The van der Waals surface area contributed by atoms with Crippen molar-refractivity contribution in [2.24, 2.45) is 5.92 Å². The first-order valence-electron chi connectivity index (χ1n) is 10.7. The van der Waals surface area contributed by atoms with Gasteiger partial charge in [0, 0.05) is 38.3 Å². The van der Waals surface area contributed by atoms with Gasteiger partial charge in [0.25, 0.3) is 5.91 Å². The average molecular weight is 395 g/mol. The van der Waals surface area contributed by atoms with E-state index in [9.17, 15) is 4.79 Å². The van der Waals surface area contributed by atoms with Crippen LogP contribution in [0.4, 0.5) is 0 Å². The molecule has 0 radical (unpaired) electrons. The highest BCUT2D eigenvalue weighted by Crippen LogP contribution is 2.22. The van der Waals surface area contributed by atoms with Gasteiger partial charge in [0.15, 0.2) is 0 Å². The molecule has 5 heteroatoms. The zero-order valence-electron chi connectivity index (χ0n) is 16.9.